The van der Waals surface area contributed by atoms with Gasteiger partial charge in [0, 0.05) is 11.0 Å². The summed E-state index contributed by atoms with van der Waals surface area (Å²) >= 11 is 9.46. The first-order valence-electron chi connectivity index (χ1n) is 5.90. The van der Waals surface area contributed by atoms with E-state index < -0.39 is 0 Å². The Morgan fingerprint density at radius 2 is 1.95 bits per heavy atom. The molecule has 1 aliphatic heterocycles. The van der Waals surface area contributed by atoms with Crippen LogP contribution in [0.15, 0.2) is 34.8 Å². The first kappa shape index (κ1) is 13.5. The fraction of sp³-hybridized carbons (Fsp3) is 0.143. The minimum atomic E-state index is -0.357. The van der Waals surface area contributed by atoms with Crippen LogP contribution in [0.4, 0.5) is 10.1 Å². The minimum Gasteiger partial charge on any atom is -0.454 e. The van der Waals surface area contributed by atoms with E-state index >= 15 is 0 Å². The van der Waals surface area contributed by atoms with Crippen LogP contribution in [-0.4, -0.2) is 6.79 Å². The summed E-state index contributed by atoms with van der Waals surface area (Å²) in [4.78, 5) is 0. The van der Waals surface area contributed by atoms with Crippen molar-refractivity contribution in [2.24, 2.45) is 0 Å². The monoisotopic (exact) mass is 357 g/mol. The minimum absolute atomic E-state index is 0.239. The van der Waals surface area contributed by atoms with E-state index in [1.165, 1.54) is 12.1 Å². The third-order valence-electron chi connectivity index (χ3n) is 2.94. The second-order valence-corrected chi connectivity index (χ2v) is 5.54. The lowest BCUT2D eigenvalue weighted by atomic mass is 10.2. The number of nitrogens with one attached hydrogen (secondary N) is 1. The van der Waals surface area contributed by atoms with Gasteiger partial charge in [0.15, 0.2) is 11.5 Å². The molecule has 2 aromatic carbocycles. The second kappa shape index (κ2) is 5.50. The zero-order valence-electron chi connectivity index (χ0n) is 10.3. The molecule has 0 unspecified atom stereocenters. The lowest BCUT2D eigenvalue weighted by Gasteiger charge is -2.10. The number of halogens is 3. The third kappa shape index (κ3) is 2.69. The van der Waals surface area contributed by atoms with E-state index in [-0.39, 0.29) is 12.6 Å². The van der Waals surface area contributed by atoms with Crippen molar-refractivity contribution in [3.05, 3.63) is 51.2 Å². The van der Waals surface area contributed by atoms with E-state index in [0.717, 1.165) is 21.5 Å². The van der Waals surface area contributed by atoms with E-state index in [1.807, 2.05) is 12.1 Å². The summed E-state index contributed by atoms with van der Waals surface area (Å²) in [6.07, 6.45) is 0. The zero-order valence-corrected chi connectivity index (χ0v) is 12.6. The molecule has 2 aromatic rings. The molecule has 104 valence electrons. The molecule has 0 radical (unpaired) electrons. The largest absolute Gasteiger partial charge is 0.454 e. The first-order valence-corrected chi connectivity index (χ1v) is 7.07. The summed E-state index contributed by atoms with van der Waals surface area (Å²) in [7, 11) is 0. The number of rotatable bonds is 3. The average molecular weight is 359 g/mol. The molecular weight excluding hydrogens is 349 g/mol. The zero-order chi connectivity index (χ0) is 14.1. The number of hydrogen-bond donors (Lipinski definition) is 1. The van der Waals surface area contributed by atoms with E-state index in [0.29, 0.717) is 17.3 Å². The Labute approximate surface area is 128 Å². The van der Waals surface area contributed by atoms with Gasteiger partial charge in [-0.15, -0.1) is 0 Å². The van der Waals surface area contributed by atoms with E-state index in [4.69, 9.17) is 21.1 Å². The maximum absolute atomic E-state index is 13.0. The lowest BCUT2D eigenvalue weighted by Crippen LogP contribution is -2.01. The van der Waals surface area contributed by atoms with Crippen molar-refractivity contribution in [1.82, 2.24) is 0 Å². The molecule has 0 saturated carbocycles. The van der Waals surface area contributed by atoms with Gasteiger partial charge in [-0.3, -0.25) is 0 Å². The molecule has 0 saturated heterocycles. The van der Waals surface area contributed by atoms with Gasteiger partial charge in [0.05, 0.1) is 10.7 Å². The summed E-state index contributed by atoms with van der Waals surface area (Å²) in [5, 5.41) is 3.51. The van der Waals surface area contributed by atoms with Gasteiger partial charge in [0.1, 0.15) is 5.82 Å². The van der Waals surface area contributed by atoms with Crippen molar-refractivity contribution >= 4 is 33.2 Å². The van der Waals surface area contributed by atoms with Gasteiger partial charge in [-0.1, -0.05) is 27.5 Å². The van der Waals surface area contributed by atoms with E-state index in [1.54, 1.807) is 6.07 Å². The Morgan fingerprint density at radius 1 is 1.20 bits per heavy atom. The first-order chi connectivity index (χ1) is 9.63. The SMILES string of the molecule is Fc1ccc(NCc2cc3c(cc2Br)OCO3)c(Cl)c1. The molecule has 0 atom stereocenters. The number of anilines is 1. The van der Waals surface area contributed by atoms with Crippen LogP contribution in [0, 0.1) is 5.82 Å². The predicted molar refractivity (Wildman–Crippen MR) is 79.0 cm³/mol. The van der Waals surface area contributed by atoms with E-state index in [2.05, 4.69) is 21.2 Å². The lowest BCUT2D eigenvalue weighted by molar-refractivity contribution is 0.174. The summed E-state index contributed by atoms with van der Waals surface area (Å²) in [6.45, 7) is 0.769. The summed E-state index contributed by atoms with van der Waals surface area (Å²) in [6, 6.07) is 8.02. The fourth-order valence-corrected chi connectivity index (χ4v) is 2.61. The average Bonchev–Trinajstić information content (AvgIpc) is 2.84. The standard InChI is InChI=1S/C14H10BrClFNO2/c15-10-5-14-13(19-7-20-14)3-8(10)6-18-12-2-1-9(17)4-11(12)16/h1-5,18H,6-7H2. The highest BCUT2D eigenvalue weighted by Crippen LogP contribution is 2.37. The Morgan fingerprint density at radius 3 is 2.70 bits per heavy atom. The number of ether oxygens (including phenoxy) is 2. The molecule has 6 heteroatoms. The van der Waals surface area contributed by atoms with Gasteiger partial charge in [-0.05, 0) is 35.9 Å². The van der Waals surface area contributed by atoms with Gasteiger partial charge in [-0.2, -0.15) is 0 Å². The van der Waals surface area contributed by atoms with Crippen LogP contribution in [0.5, 0.6) is 11.5 Å². The molecule has 1 aliphatic rings. The maximum Gasteiger partial charge on any atom is 0.231 e. The van der Waals surface area contributed by atoms with Crippen LogP contribution in [0.25, 0.3) is 0 Å². The number of fused-ring (bicyclic) bond motifs is 1. The molecule has 3 rings (SSSR count). The van der Waals surface area contributed by atoms with Crippen molar-refractivity contribution in [3.8, 4) is 11.5 Å². The highest BCUT2D eigenvalue weighted by Gasteiger charge is 2.16. The number of hydrogen-bond acceptors (Lipinski definition) is 3. The summed E-state index contributed by atoms with van der Waals surface area (Å²) < 4.78 is 24.5. The molecule has 0 spiro atoms. The normalized spacial score (nSPS) is 12.6. The smallest absolute Gasteiger partial charge is 0.231 e. The Balaban J connectivity index is 1.78. The highest BCUT2D eigenvalue weighted by atomic mass is 79.9. The quantitative estimate of drug-likeness (QED) is 0.871. The molecule has 0 aromatic heterocycles. The molecule has 0 amide bonds. The van der Waals surface area contributed by atoms with Crippen molar-refractivity contribution in [1.29, 1.82) is 0 Å². The van der Waals surface area contributed by atoms with Crippen molar-refractivity contribution in [2.45, 2.75) is 6.54 Å². The van der Waals surface area contributed by atoms with Crippen molar-refractivity contribution in [3.63, 3.8) is 0 Å². The Bertz CT molecular complexity index is 666. The molecule has 1 N–H and O–H groups in total. The Hall–Kier alpha value is -1.46. The fourth-order valence-electron chi connectivity index (χ4n) is 1.92. The third-order valence-corrected chi connectivity index (χ3v) is 3.99. The van der Waals surface area contributed by atoms with Crippen molar-refractivity contribution < 1.29 is 13.9 Å². The van der Waals surface area contributed by atoms with Crippen LogP contribution in [0.2, 0.25) is 5.02 Å². The molecule has 0 bridgehead atoms. The van der Waals surface area contributed by atoms with Crippen LogP contribution in [-0.2, 0) is 6.54 Å². The molecule has 3 nitrogen and oxygen atoms in total. The van der Waals surface area contributed by atoms with Gasteiger partial charge in [-0.25, -0.2) is 4.39 Å². The van der Waals surface area contributed by atoms with Crippen LogP contribution in [0.3, 0.4) is 0 Å². The van der Waals surface area contributed by atoms with Crippen LogP contribution >= 0.6 is 27.5 Å². The van der Waals surface area contributed by atoms with E-state index in [9.17, 15) is 4.39 Å². The second-order valence-electron chi connectivity index (χ2n) is 4.27. The summed E-state index contributed by atoms with van der Waals surface area (Å²) in [5.74, 6) is 1.08. The highest BCUT2D eigenvalue weighted by molar-refractivity contribution is 9.10. The summed E-state index contributed by atoms with van der Waals surface area (Å²) in [5.41, 5.74) is 1.67. The van der Waals surface area contributed by atoms with Crippen LogP contribution in [0.1, 0.15) is 5.56 Å². The van der Waals surface area contributed by atoms with Crippen molar-refractivity contribution in [2.75, 3.05) is 12.1 Å². The topological polar surface area (TPSA) is 30.5 Å². The molecule has 1 heterocycles. The van der Waals surface area contributed by atoms with Gasteiger partial charge >= 0.3 is 0 Å². The molecule has 0 aliphatic carbocycles. The molecule has 0 fully saturated rings. The van der Waals surface area contributed by atoms with Gasteiger partial charge in [0.25, 0.3) is 0 Å². The van der Waals surface area contributed by atoms with Crippen LogP contribution < -0.4 is 14.8 Å². The Kier molecular flexibility index (Phi) is 3.72. The van der Waals surface area contributed by atoms with Gasteiger partial charge < -0.3 is 14.8 Å². The maximum atomic E-state index is 13.0. The number of benzene rings is 2. The molecular formula is C14H10BrClFNO2. The predicted octanol–water partition coefficient (Wildman–Crippen LogP) is 4.58. The molecule has 20 heavy (non-hydrogen) atoms. The van der Waals surface area contributed by atoms with Gasteiger partial charge in [0.2, 0.25) is 6.79 Å².